The van der Waals surface area contributed by atoms with Gasteiger partial charge < -0.3 is 0 Å². The van der Waals surface area contributed by atoms with Crippen molar-refractivity contribution in [3.8, 4) is 11.8 Å². The molecule has 1 N–H and O–H groups in total. The minimum atomic E-state index is -3.53. The predicted molar refractivity (Wildman–Crippen MR) is 74.9 cm³/mol. The normalized spacial score (nSPS) is 10.7. The molecule has 0 aromatic heterocycles. The molecule has 2 rings (SSSR count). The highest BCUT2D eigenvalue weighted by atomic mass is 32.2. The number of hydrogen-bond donors (Lipinski definition) is 1. The van der Waals surface area contributed by atoms with E-state index in [1.165, 1.54) is 36.4 Å². The molecule has 20 heavy (non-hydrogen) atoms. The van der Waals surface area contributed by atoms with Gasteiger partial charge in [0, 0.05) is 5.56 Å². The van der Waals surface area contributed by atoms with Crippen LogP contribution in [0.15, 0.2) is 59.5 Å². The van der Waals surface area contributed by atoms with Crippen LogP contribution >= 0.6 is 0 Å². The van der Waals surface area contributed by atoms with Crippen molar-refractivity contribution < 1.29 is 12.8 Å². The van der Waals surface area contributed by atoms with E-state index in [1.54, 1.807) is 18.2 Å². The van der Waals surface area contributed by atoms with Gasteiger partial charge in [-0.2, -0.15) is 4.72 Å². The lowest BCUT2D eigenvalue weighted by molar-refractivity contribution is 0.586. The van der Waals surface area contributed by atoms with Crippen LogP contribution in [0.25, 0.3) is 0 Å². The third-order valence-corrected chi connectivity index (χ3v) is 3.90. The second kappa shape index (κ2) is 6.33. The van der Waals surface area contributed by atoms with Gasteiger partial charge in [-0.15, -0.1) is 0 Å². The van der Waals surface area contributed by atoms with Crippen molar-refractivity contribution in [3.63, 3.8) is 0 Å². The van der Waals surface area contributed by atoms with Crippen LogP contribution in [0.1, 0.15) is 5.56 Å². The highest BCUT2D eigenvalue weighted by molar-refractivity contribution is 7.89. The summed E-state index contributed by atoms with van der Waals surface area (Å²) in [7, 11) is -3.53. The fraction of sp³-hybridized carbons (Fsp3) is 0.0667. The van der Waals surface area contributed by atoms with Crippen molar-refractivity contribution in [2.24, 2.45) is 0 Å². The Bertz CT molecular complexity index is 729. The predicted octanol–water partition coefficient (Wildman–Crippen LogP) is 2.16. The zero-order chi connectivity index (χ0) is 14.4. The molecule has 0 spiro atoms. The van der Waals surface area contributed by atoms with Gasteiger partial charge in [0.05, 0.1) is 11.4 Å². The van der Waals surface area contributed by atoms with E-state index in [2.05, 4.69) is 16.6 Å². The van der Waals surface area contributed by atoms with Gasteiger partial charge in [-0.1, -0.05) is 30.0 Å². The highest BCUT2D eigenvalue weighted by Crippen LogP contribution is 2.06. The van der Waals surface area contributed by atoms with E-state index in [-0.39, 0.29) is 17.3 Å². The van der Waals surface area contributed by atoms with Crippen molar-refractivity contribution in [1.82, 2.24) is 4.72 Å². The summed E-state index contributed by atoms with van der Waals surface area (Å²) in [5.74, 6) is 5.10. The van der Waals surface area contributed by atoms with Crippen molar-refractivity contribution in [2.45, 2.75) is 4.90 Å². The molecule has 0 atom stereocenters. The lowest BCUT2D eigenvalue weighted by atomic mass is 10.2. The van der Waals surface area contributed by atoms with Crippen molar-refractivity contribution in [2.75, 3.05) is 6.54 Å². The molecule has 0 radical (unpaired) electrons. The Morgan fingerprint density at radius 1 is 1.00 bits per heavy atom. The summed E-state index contributed by atoms with van der Waals surface area (Å²) in [5.41, 5.74) is 0.630. The van der Waals surface area contributed by atoms with Crippen molar-refractivity contribution >= 4 is 10.0 Å². The molecule has 0 saturated heterocycles. The zero-order valence-electron chi connectivity index (χ0n) is 10.5. The maximum atomic E-state index is 12.7. The average molecular weight is 289 g/mol. The van der Waals surface area contributed by atoms with Crippen LogP contribution in [-0.2, 0) is 10.0 Å². The molecule has 3 nitrogen and oxygen atoms in total. The molecule has 2 aromatic rings. The van der Waals surface area contributed by atoms with Gasteiger partial charge in [0.25, 0.3) is 0 Å². The molecular weight excluding hydrogens is 277 g/mol. The van der Waals surface area contributed by atoms with E-state index in [0.717, 1.165) is 0 Å². The van der Waals surface area contributed by atoms with Gasteiger partial charge in [0.15, 0.2) is 0 Å². The summed E-state index contributed by atoms with van der Waals surface area (Å²) in [6.45, 7) is -0.00535. The highest BCUT2D eigenvalue weighted by Gasteiger charge is 2.10. The minimum absolute atomic E-state index is 0.00535. The van der Waals surface area contributed by atoms with E-state index in [4.69, 9.17) is 0 Å². The molecule has 0 unspecified atom stereocenters. The standard InChI is InChI=1S/C15H12FNO2S/c16-14-10-8-13(9-11-14)5-4-12-17-20(18,19)15-6-2-1-3-7-15/h1-3,6-11,17H,12H2. The van der Waals surface area contributed by atoms with Crippen LogP contribution < -0.4 is 4.72 Å². The monoisotopic (exact) mass is 289 g/mol. The largest absolute Gasteiger partial charge is 0.241 e. The molecule has 2 aromatic carbocycles. The first kappa shape index (κ1) is 14.3. The van der Waals surface area contributed by atoms with Crippen LogP contribution in [0.5, 0.6) is 0 Å². The molecular formula is C15H12FNO2S. The van der Waals surface area contributed by atoms with Gasteiger partial charge in [0.1, 0.15) is 5.82 Å². The first-order valence-corrected chi connectivity index (χ1v) is 7.35. The van der Waals surface area contributed by atoms with Gasteiger partial charge in [-0.05, 0) is 36.4 Å². The molecule has 0 aliphatic heterocycles. The Morgan fingerprint density at radius 3 is 2.30 bits per heavy atom. The SMILES string of the molecule is O=S(=O)(NCC#Cc1ccc(F)cc1)c1ccccc1. The third kappa shape index (κ3) is 3.92. The molecule has 0 saturated carbocycles. The number of hydrogen-bond acceptors (Lipinski definition) is 2. The third-order valence-electron chi connectivity index (χ3n) is 2.48. The molecule has 5 heteroatoms. The maximum Gasteiger partial charge on any atom is 0.241 e. The quantitative estimate of drug-likeness (QED) is 0.880. The van der Waals surface area contributed by atoms with Gasteiger partial charge in [-0.3, -0.25) is 0 Å². The van der Waals surface area contributed by atoms with Gasteiger partial charge in [0.2, 0.25) is 10.0 Å². The minimum Gasteiger partial charge on any atom is -0.207 e. The van der Waals surface area contributed by atoms with Crippen LogP contribution in [0.2, 0.25) is 0 Å². The van der Waals surface area contributed by atoms with Crippen LogP contribution in [0.4, 0.5) is 4.39 Å². The molecule has 0 bridgehead atoms. The summed E-state index contributed by atoms with van der Waals surface area (Å²) < 4.78 is 38.8. The van der Waals surface area contributed by atoms with Gasteiger partial charge in [-0.25, -0.2) is 12.8 Å². The Morgan fingerprint density at radius 2 is 1.65 bits per heavy atom. The summed E-state index contributed by atoms with van der Waals surface area (Å²) in [4.78, 5) is 0.198. The Hall–Kier alpha value is -2.16. The summed E-state index contributed by atoms with van der Waals surface area (Å²) in [6, 6.07) is 13.7. The Labute approximate surface area is 117 Å². The maximum absolute atomic E-state index is 12.7. The van der Waals surface area contributed by atoms with E-state index in [9.17, 15) is 12.8 Å². The topological polar surface area (TPSA) is 46.2 Å². The number of rotatable bonds is 3. The van der Waals surface area contributed by atoms with Crippen LogP contribution in [-0.4, -0.2) is 15.0 Å². The lowest BCUT2D eigenvalue weighted by Gasteiger charge is -2.02. The van der Waals surface area contributed by atoms with E-state index in [1.807, 2.05) is 0 Å². The second-order valence-electron chi connectivity index (χ2n) is 3.95. The van der Waals surface area contributed by atoms with Crippen LogP contribution in [0.3, 0.4) is 0 Å². The molecule has 0 heterocycles. The molecule has 0 fully saturated rings. The van der Waals surface area contributed by atoms with E-state index >= 15 is 0 Å². The van der Waals surface area contributed by atoms with Gasteiger partial charge >= 0.3 is 0 Å². The average Bonchev–Trinajstić information content (AvgIpc) is 2.46. The second-order valence-corrected chi connectivity index (χ2v) is 5.71. The van der Waals surface area contributed by atoms with E-state index in [0.29, 0.717) is 5.56 Å². The number of halogens is 1. The fourth-order valence-corrected chi connectivity index (χ4v) is 2.44. The summed E-state index contributed by atoms with van der Waals surface area (Å²) in [6.07, 6.45) is 0. The summed E-state index contributed by atoms with van der Waals surface area (Å²) >= 11 is 0. The smallest absolute Gasteiger partial charge is 0.207 e. The van der Waals surface area contributed by atoms with E-state index < -0.39 is 10.0 Å². The Kier molecular flexibility index (Phi) is 4.51. The molecule has 0 aliphatic carbocycles. The van der Waals surface area contributed by atoms with Crippen LogP contribution in [0, 0.1) is 17.7 Å². The first-order valence-electron chi connectivity index (χ1n) is 5.87. The fourth-order valence-electron chi connectivity index (χ4n) is 1.49. The zero-order valence-corrected chi connectivity index (χ0v) is 11.3. The molecule has 0 amide bonds. The summed E-state index contributed by atoms with van der Waals surface area (Å²) in [5, 5.41) is 0. The number of benzene rings is 2. The molecule has 0 aliphatic rings. The lowest BCUT2D eigenvalue weighted by Crippen LogP contribution is -2.23. The number of nitrogens with one attached hydrogen (secondary N) is 1. The molecule has 102 valence electrons. The van der Waals surface area contributed by atoms with Crippen molar-refractivity contribution in [3.05, 3.63) is 66.0 Å². The first-order chi connectivity index (χ1) is 9.58. The number of sulfonamides is 1. The Balaban J connectivity index is 1.98. The van der Waals surface area contributed by atoms with Crippen molar-refractivity contribution in [1.29, 1.82) is 0 Å².